The Balaban J connectivity index is 1.29. The number of nitrogens with one attached hydrogen (secondary N) is 1. The molecule has 164 valence electrons. The number of carbonyl (C=O) groups excluding carboxylic acids is 1. The minimum atomic E-state index is -2.84. The molecule has 10 heteroatoms. The molecule has 31 heavy (non-hydrogen) atoms. The van der Waals surface area contributed by atoms with Gasteiger partial charge in [0.25, 0.3) is 5.92 Å². The van der Waals surface area contributed by atoms with Crippen LogP contribution in [-0.4, -0.2) is 64.3 Å². The Hall–Kier alpha value is -2.88. The van der Waals surface area contributed by atoms with E-state index in [-0.39, 0.29) is 24.5 Å². The highest BCUT2D eigenvalue weighted by molar-refractivity contribution is 5.85. The van der Waals surface area contributed by atoms with Crippen LogP contribution in [-0.2, 0) is 9.53 Å². The number of halogens is 2. The highest BCUT2D eigenvalue weighted by Crippen LogP contribution is 2.51. The van der Waals surface area contributed by atoms with E-state index in [4.69, 9.17) is 10.5 Å². The average Bonchev–Trinajstić information content (AvgIpc) is 3.29. The van der Waals surface area contributed by atoms with Crippen LogP contribution in [0.4, 0.5) is 14.7 Å². The minimum absolute atomic E-state index is 0.0587. The molecule has 5 rings (SSSR count). The van der Waals surface area contributed by atoms with E-state index in [2.05, 4.69) is 20.3 Å². The summed E-state index contributed by atoms with van der Waals surface area (Å²) in [6.45, 7) is 1.21. The van der Waals surface area contributed by atoms with E-state index in [1.807, 2.05) is 12.1 Å². The predicted octanol–water partition coefficient (Wildman–Crippen LogP) is 1.96. The summed E-state index contributed by atoms with van der Waals surface area (Å²) in [5, 5.41) is 3.06. The van der Waals surface area contributed by atoms with Crippen molar-refractivity contribution in [3.8, 4) is 0 Å². The van der Waals surface area contributed by atoms with Crippen molar-refractivity contribution in [1.82, 2.24) is 14.9 Å². The number of nitrogens with zero attached hydrogens (tertiary/aromatic N) is 4. The van der Waals surface area contributed by atoms with Gasteiger partial charge in [0, 0.05) is 31.1 Å². The number of ether oxygens (including phenoxy) is 1. The van der Waals surface area contributed by atoms with E-state index in [1.165, 1.54) is 6.20 Å². The molecule has 3 aliphatic heterocycles. The normalized spacial score (nSPS) is 29.6. The van der Waals surface area contributed by atoms with Crippen LogP contribution in [0.1, 0.15) is 31.4 Å². The lowest BCUT2D eigenvalue weighted by atomic mass is 9.98. The van der Waals surface area contributed by atoms with Crippen LogP contribution >= 0.6 is 0 Å². The Morgan fingerprint density at radius 2 is 2.19 bits per heavy atom. The third kappa shape index (κ3) is 3.91. The molecule has 1 saturated carbocycles. The van der Waals surface area contributed by atoms with Crippen molar-refractivity contribution >= 4 is 23.6 Å². The zero-order valence-corrected chi connectivity index (χ0v) is 16.9. The number of hydrogen-bond donors (Lipinski definition) is 2. The van der Waals surface area contributed by atoms with Crippen molar-refractivity contribution in [1.29, 1.82) is 0 Å². The molecule has 0 spiro atoms. The number of nitrogens with two attached hydrogens (primary N) is 1. The van der Waals surface area contributed by atoms with Crippen LogP contribution in [0.3, 0.4) is 0 Å². The lowest BCUT2D eigenvalue weighted by Gasteiger charge is -2.34. The van der Waals surface area contributed by atoms with Crippen molar-refractivity contribution in [3.05, 3.63) is 35.9 Å². The first kappa shape index (κ1) is 20.0. The number of rotatable bonds is 6. The Morgan fingerprint density at radius 3 is 2.84 bits per heavy atom. The van der Waals surface area contributed by atoms with Crippen LogP contribution in [0.5, 0.6) is 0 Å². The van der Waals surface area contributed by atoms with E-state index in [0.717, 1.165) is 24.1 Å². The molecule has 1 aromatic rings. The maximum atomic E-state index is 13.4. The molecule has 1 aromatic heterocycles. The summed E-state index contributed by atoms with van der Waals surface area (Å²) in [6.07, 6.45) is 8.55. The largest absolute Gasteiger partial charge is 0.403 e. The fourth-order valence-corrected chi connectivity index (χ4v) is 4.36. The number of amides is 1. The van der Waals surface area contributed by atoms with E-state index < -0.39 is 17.7 Å². The van der Waals surface area contributed by atoms with Gasteiger partial charge < -0.3 is 20.7 Å². The minimum Gasteiger partial charge on any atom is -0.403 e. The van der Waals surface area contributed by atoms with E-state index in [9.17, 15) is 13.6 Å². The van der Waals surface area contributed by atoms with Gasteiger partial charge in [-0.1, -0.05) is 6.08 Å². The molecule has 2 bridgehead atoms. The Labute approximate surface area is 178 Å². The zero-order chi connectivity index (χ0) is 21.6. The predicted molar refractivity (Wildman–Crippen MR) is 110 cm³/mol. The Bertz CT molecular complexity index is 974. The molecule has 4 aliphatic rings. The number of anilines is 1. The third-order valence-corrected chi connectivity index (χ3v) is 6.24. The third-order valence-electron chi connectivity index (χ3n) is 6.24. The van der Waals surface area contributed by atoms with Gasteiger partial charge in [0.2, 0.25) is 11.9 Å². The van der Waals surface area contributed by atoms with Gasteiger partial charge in [-0.05, 0) is 30.9 Å². The van der Waals surface area contributed by atoms with Gasteiger partial charge in [-0.15, -0.1) is 0 Å². The van der Waals surface area contributed by atoms with Crippen molar-refractivity contribution in [3.63, 3.8) is 0 Å². The molecule has 0 radical (unpaired) electrons. The van der Waals surface area contributed by atoms with Crippen molar-refractivity contribution in [2.75, 3.05) is 18.5 Å². The van der Waals surface area contributed by atoms with Crippen LogP contribution in [0.25, 0.3) is 5.57 Å². The number of hydrogen-bond acceptors (Lipinski definition) is 7. The lowest BCUT2D eigenvalue weighted by Crippen LogP contribution is -2.44. The summed E-state index contributed by atoms with van der Waals surface area (Å²) in [5.74, 6) is -4.01. The number of alkyl halides is 2. The fourth-order valence-electron chi connectivity index (χ4n) is 4.36. The van der Waals surface area contributed by atoms with Crippen LogP contribution in [0, 0.1) is 5.92 Å². The van der Waals surface area contributed by atoms with Gasteiger partial charge in [0.15, 0.2) is 0 Å². The number of allylic oxidation sites excluding steroid dienone is 1. The second-order valence-corrected chi connectivity index (χ2v) is 8.44. The summed E-state index contributed by atoms with van der Waals surface area (Å²) >= 11 is 0. The van der Waals surface area contributed by atoms with Gasteiger partial charge in [-0.2, -0.15) is 0 Å². The van der Waals surface area contributed by atoms with Crippen molar-refractivity contribution in [2.45, 2.75) is 49.7 Å². The number of aliphatic imine (C=N–C) groups is 1. The molecule has 2 saturated heterocycles. The summed E-state index contributed by atoms with van der Waals surface area (Å²) < 4.78 is 31.9. The summed E-state index contributed by atoms with van der Waals surface area (Å²) in [7, 11) is 0. The standard InChI is InChI=1S/C21H24F2N6O2/c22-21(23)7-17(21)19(30)29-15-1-2-16(29)6-12(5-15)18-3-4-25-20(28-18)27-13(8-24)9-26-14-10-31-11-14/h3-5,8-9,14-17H,1-2,6-7,10-11,24H2,(H,25,27,28). The number of carbonyl (C=O) groups is 1. The molecule has 8 nitrogen and oxygen atoms in total. The summed E-state index contributed by atoms with van der Waals surface area (Å²) in [6, 6.07) is 1.75. The second kappa shape index (κ2) is 7.67. The van der Waals surface area contributed by atoms with Gasteiger partial charge in [-0.25, -0.2) is 18.7 Å². The first-order valence-electron chi connectivity index (χ1n) is 10.5. The van der Waals surface area contributed by atoms with Crippen molar-refractivity contribution in [2.24, 2.45) is 16.6 Å². The second-order valence-electron chi connectivity index (χ2n) is 8.44. The molecular formula is C21H24F2N6O2. The average molecular weight is 430 g/mol. The van der Waals surface area contributed by atoms with Crippen LogP contribution < -0.4 is 11.1 Å². The molecule has 1 aliphatic carbocycles. The first-order valence-corrected chi connectivity index (χ1v) is 10.5. The molecular weight excluding hydrogens is 406 g/mol. The molecule has 4 heterocycles. The van der Waals surface area contributed by atoms with E-state index in [0.29, 0.717) is 31.3 Å². The topological polar surface area (TPSA) is 106 Å². The van der Waals surface area contributed by atoms with Crippen LogP contribution in [0.2, 0.25) is 0 Å². The zero-order valence-electron chi connectivity index (χ0n) is 16.9. The van der Waals surface area contributed by atoms with Gasteiger partial charge in [-0.3, -0.25) is 9.79 Å². The van der Waals surface area contributed by atoms with Crippen LogP contribution in [0.15, 0.2) is 35.2 Å². The molecule has 3 atom stereocenters. The van der Waals surface area contributed by atoms with Crippen molar-refractivity contribution < 1.29 is 18.3 Å². The SMILES string of the molecule is NC=C(C=NC1COC1)Nc1nccc(C2=CC3CCC(C2)N3C(=O)C2CC2(F)F)n1. The first-order chi connectivity index (χ1) is 14.9. The molecule has 3 fully saturated rings. The smallest absolute Gasteiger partial charge is 0.260 e. The summed E-state index contributed by atoms with van der Waals surface area (Å²) in [5.41, 5.74) is 8.00. The maximum absolute atomic E-state index is 13.4. The molecule has 3 N–H and O–H groups in total. The van der Waals surface area contributed by atoms with Gasteiger partial charge in [0.1, 0.15) is 5.92 Å². The fraction of sp³-hybridized carbons (Fsp3) is 0.524. The van der Waals surface area contributed by atoms with Gasteiger partial charge in [0.05, 0.1) is 36.7 Å². The quantitative estimate of drug-likeness (QED) is 0.669. The Kier molecular flexibility index (Phi) is 4.96. The number of fused-ring (bicyclic) bond motifs is 2. The lowest BCUT2D eigenvalue weighted by molar-refractivity contribution is -0.137. The number of aromatic nitrogens is 2. The van der Waals surface area contributed by atoms with E-state index in [1.54, 1.807) is 17.3 Å². The van der Waals surface area contributed by atoms with Gasteiger partial charge >= 0.3 is 0 Å². The van der Waals surface area contributed by atoms with E-state index >= 15 is 0 Å². The summed E-state index contributed by atoms with van der Waals surface area (Å²) in [4.78, 5) is 27.4. The Morgan fingerprint density at radius 1 is 1.39 bits per heavy atom. The highest BCUT2D eigenvalue weighted by Gasteiger charge is 2.63. The maximum Gasteiger partial charge on any atom is 0.260 e. The monoisotopic (exact) mass is 430 g/mol. The molecule has 1 amide bonds. The highest BCUT2D eigenvalue weighted by atomic mass is 19.3. The molecule has 3 unspecified atom stereocenters. The molecule has 0 aromatic carbocycles.